The van der Waals surface area contributed by atoms with Crippen LogP contribution in [-0.2, 0) is 19.6 Å². The zero-order chi connectivity index (χ0) is 14.5. The second kappa shape index (κ2) is 6.88. The first-order chi connectivity index (χ1) is 8.90. The average molecular weight is 352 g/mol. The molecule has 1 aromatic rings. The average Bonchev–Trinajstić information content (AvgIpc) is 2.38. The van der Waals surface area contributed by atoms with E-state index in [1.54, 1.807) is 6.07 Å². The van der Waals surface area contributed by atoms with Crippen molar-refractivity contribution < 1.29 is 22.7 Å². The Labute approximate surface area is 120 Å². The highest BCUT2D eigenvalue weighted by Crippen LogP contribution is 2.27. The van der Waals surface area contributed by atoms with Gasteiger partial charge in [-0.25, -0.2) is 13.1 Å². The number of methoxy groups -OCH3 is 2. The number of nitrogens with one attached hydrogen (secondary N) is 1. The van der Waals surface area contributed by atoms with Gasteiger partial charge in [-0.15, -0.1) is 0 Å². The molecule has 1 N–H and O–H groups in total. The lowest BCUT2D eigenvalue weighted by Crippen LogP contribution is -2.26. The van der Waals surface area contributed by atoms with Crippen molar-refractivity contribution in [2.45, 2.75) is 11.3 Å². The van der Waals surface area contributed by atoms with Gasteiger partial charge in [0.05, 0.1) is 30.0 Å². The molecular formula is C11H14BrNO5S. The number of sulfonamides is 1. The molecule has 106 valence electrons. The van der Waals surface area contributed by atoms with E-state index in [-0.39, 0.29) is 17.9 Å². The van der Waals surface area contributed by atoms with E-state index in [1.807, 2.05) is 0 Å². The Kier molecular flexibility index (Phi) is 5.77. The Bertz CT molecular complexity index is 558. The fraction of sp³-hybridized carbons (Fsp3) is 0.364. The van der Waals surface area contributed by atoms with Crippen molar-refractivity contribution in [3.05, 3.63) is 22.7 Å². The van der Waals surface area contributed by atoms with Gasteiger partial charge < -0.3 is 9.47 Å². The summed E-state index contributed by atoms with van der Waals surface area (Å²) in [6.45, 7) is -0.0152. The summed E-state index contributed by atoms with van der Waals surface area (Å²) < 4.78 is 36.1. The van der Waals surface area contributed by atoms with Gasteiger partial charge in [-0.1, -0.05) is 0 Å². The highest BCUT2D eigenvalue weighted by Gasteiger charge is 2.16. The smallest absolute Gasteiger partial charge is 0.306 e. The third-order valence-electron chi connectivity index (χ3n) is 2.28. The SMILES string of the molecule is COC(=O)CCNS(=O)(=O)c1ccc(OC)c(Br)c1. The second-order valence-corrected chi connectivity index (χ2v) is 6.14. The monoisotopic (exact) mass is 351 g/mol. The van der Waals surface area contributed by atoms with E-state index in [0.717, 1.165) is 0 Å². The van der Waals surface area contributed by atoms with Crippen LogP contribution < -0.4 is 9.46 Å². The Morgan fingerprint density at radius 2 is 2.05 bits per heavy atom. The fourth-order valence-corrected chi connectivity index (χ4v) is 3.04. The number of ether oxygens (including phenoxy) is 2. The van der Waals surface area contributed by atoms with Crippen LogP contribution >= 0.6 is 15.9 Å². The molecule has 0 aliphatic rings. The van der Waals surface area contributed by atoms with Gasteiger partial charge in [0.15, 0.2) is 0 Å². The Morgan fingerprint density at radius 3 is 2.58 bits per heavy atom. The first kappa shape index (κ1) is 15.9. The molecule has 0 fully saturated rings. The van der Waals surface area contributed by atoms with E-state index in [1.165, 1.54) is 26.4 Å². The van der Waals surface area contributed by atoms with Crippen LogP contribution in [0.2, 0.25) is 0 Å². The molecule has 0 radical (unpaired) electrons. The molecule has 0 atom stereocenters. The zero-order valence-corrected chi connectivity index (χ0v) is 12.9. The van der Waals surface area contributed by atoms with E-state index in [4.69, 9.17) is 4.74 Å². The van der Waals surface area contributed by atoms with Crippen molar-refractivity contribution >= 4 is 31.9 Å². The summed E-state index contributed by atoms with van der Waals surface area (Å²) in [6, 6.07) is 4.39. The van der Waals surface area contributed by atoms with Crippen LogP contribution in [0, 0.1) is 0 Å². The maximum Gasteiger partial charge on any atom is 0.306 e. The lowest BCUT2D eigenvalue weighted by molar-refractivity contribution is -0.140. The number of hydrogen-bond acceptors (Lipinski definition) is 5. The third kappa shape index (κ3) is 4.48. The summed E-state index contributed by atoms with van der Waals surface area (Å²) in [5, 5.41) is 0. The molecule has 19 heavy (non-hydrogen) atoms. The second-order valence-electron chi connectivity index (χ2n) is 3.52. The molecule has 0 unspecified atom stereocenters. The molecule has 0 aliphatic heterocycles. The predicted octanol–water partition coefficient (Wildman–Crippen LogP) is 1.30. The van der Waals surface area contributed by atoms with Crippen molar-refractivity contribution in [3.8, 4) is 5.75 Å². The van der Waals surface area contributed by atoms with Crippen molar-refractivity contribution in [3.63, 3.8) is 0 Å². The van der Waals surface area contributed by atoms with Crippen LogP contribution in [-0.4, -0.2) is 35.2 Å². The lowest BCUT2D eigenvalue weighted by atomic mass is 10.3. The van der Waals surface area contributed by atoms with Crippen molar-refractivity contribution in [2.75, 3.05) is 20.8 Å². The summed E-state index contributed by atoms with van der Waals surface area (Å²) >= 11 is 3.21. The van der Waals surface area contributed by atoms with Gasteiger partial charge in [-0.05, 0) is 34.1 Å². The van der Waals surface area contributed by atoms with E-state index in [0.29, 0.717) is 10.2 Å². The van der Waals surface area contributed by atoms with E-state index in [2.05, 4.69) is 25.4 Å². The zero-order valence-electron chi connectivity index (χ0n) is 10.5. The van der Waals surface area contributed by atoms with Gasteiger partial charge in [0, 0.05) is 6.54 Å². The van der Waals surface area contributed by atoms with Crippen molar-refractivity contribution in [1.29, 1.82) is 0 Å². The van der Waals surface area contributed by atoms with Crippen LogP contribution in [0.1, 0.15) is 6.42 Å². The highest BCUT2D eigenvalue weighted by atomic mass is 79.9. The maximum atomic E-state index is 11.9. The van der Waals surface area contributed by atoms with Crippen molar-refractivity contribution in [1.82, 2.24) is 4.72 Å². The van der Waals surface area contributed by atoms with Crippen LogP contribution in [0.4, 0.5) is 0 Å². The van der Waals surface area contributed by atoms with Gasteiger partial charge in [-0.3, -0.25) is 4.79 Å². The lowest BCUT2D eigenvalue weighted by Gasteiger charge is -2.08. The molecule has 0 aliphatic carbocycles. The van der Waals surface area contributed by atoms with Crippen LogP contribution in [0.5, 0.6) is 5.75 Å². The summed E-state index contributed by atoms with van der Waals surface area (Å²) in [5.74, 6) is 0.0622. The number of halogens is 1. The summed E-state index contributed by atoms with van der Waals surface area (Å²) in [7, 11) is -0.919. The topological polar surface area (TPSA) is 81.7 Å². The Morgan fingerprint density at radius 1 is 1.37 bits per heavy atom. The standard InChI is InChI=1S/C11H14BrNO5S/c1-17-10-4-3-8(7-9(10)12)19(15,16)13-6-5-11(14)18-2/h3-4,7,13H,5-6H2,1-2H3. The maximum absolute atomic E-state index is 11.9. The van der Waals surface area contributed by atoms with Gasteiger partial charge in [0.1, 0.15) is 5.75 Å². The molecule has 0 saturated carbocycles. The number of benzene rings is 1. The minimum Gasteiger partial charge on any atom is -0.496 e. The Hall–Kier alpha value is -1.12. The number of carbonyl (C=O) groups is 1. The largest absolute Gasteiger partial charge is 0.496 e. The highest BCUT2D eigenvalue weighted by molar-refractivity contribution is 9.10. The molecule has 0 saturated heterocycles. The molecule has 0 aromatic heterocycles. The van der Waals surface area contributed by atoms with Crippen LogP contribution in [0.15, 0.2) is 27.6 Å². The first-order valence-corrected chi connectivity index (χ1v) is 7.58. The molecular weight excluding hydrogens is 338 g/mol. The predicted molar refractivity (Wildman–Crippen MR) is 72.5 cm³/mol. The molecule has 0 bridgehead atoms. The Balaban J connectivity index is 2.77. The summed E-state index contributed by atoms with van der Waals surface area (Å²) in [5.41, 5.74) is 0. The summed E-state index contributed by atoms with van der Waals surface area (Å²) in [4.78, 5) is 11.0. The fourth-order valence-electron chi connectivity index (χ4n) is 1.29. The van der Waals surface area contributed by atoms with E-state index in [9.17, 15) is 13.2 Å². The normalized spacial score (nSPS) is 11.1. The minimum absolute atomic E-state index is 0.0152. The number of esters is 1. The van der Waals surface area contributed by atoms with E-state index >= 15 is 0 Å². The molecule has 0 heterocycles. The molecule has 1 aromatic carbocycles. The van der Waals surface area contributed by atoms with Gasteiger partial charge in [-0.2, -0.15) is 0 Å². The molecule has 0 spiro atoms. The van der Waals surface area contributed by atoms with Crippen LogP contribution in [0.3, 0.4) is 0 Å². The van der Waals surface area contributed by atoms with E-state index < -0.39 is 16.0 Å². The molecule has 6 nitrogen and oxygen atoms in total. The minimum atomic E-state index is -3.65. The third-order valence-corrected chi connectivity index (χ3v) is 4.36. The molecule has 8 heteroatoms. The molecule has 1 rings (SSSR count). The first-order valence-electron chi connectivity index (χ1n) is 5.30. The summed E-state index contributed by atoms with van der Waals surface area (Å²) in [6.07, 6.45) is -0.0208. The van der Waals surface area contributed by atoms with Crippen LogP contribution in [0.25, 0.3) is 0 Å². The van der Waals surface area contributed by atoms with Crippen molar-refractivity contribution in [2.24, 2.45) is 0 Å². The number of hydrogen-bond donors (Lipinski definition) is 1. The number of carbonyl (C=O) groups excluding carboxylic acids is 1. The van der Waals surface area contributed by atoms with Gasteiger partial charge in [0.25, 0.3) is 0 Å². The quantitative estimate of drug-likeness (QED) is 0.781. The van der Waals surface area contributed by atoms with Gasteiger partial charge >= 0.3 is 5.97 Å². The van der Waals surface area contributed by atoms with Gasteiger partial charge in [0.2, 0.25) is 10.0 Å². The molecule has 0 amide bonds. The number of rotatable bonds is 6.